The summed E-state index contributed by atoms with van der Waals surface area (Å²) in [7, 11) is 0. The number of aromatic nitrogens is 5. The predicted molar refractivity (Wildman–Crippen MR) is 55.3 cm³/mol. The quantitative estimate of drug-likeness (QED) is 0.701. The van der Waals surface area contributed by atoms with E-state index in [0.717, 1.165) is 5.82 Å². The molecule has 0 saturated carbocycles. The molecule has 16 heavy (non-hydrogen) atoms. The smallest absolute Gasteiger partial charge is 0.241 e. The van der Waals surface area contributed by atoms with Gasteiger partial charge in [0.05, 0.1) is 0 Å². The summed E-state index contributed by atoms with van der Waals surface area (Å²) in [5, 5.41) is 13.2. The van der Waals surface area contributed by atoms with Crippen molar-refractivity contribution in [1.82, 2.24) is 30.3 Å². The lowest BCUT2D eigenvalue weighted by Crippen LogP contribution is -2.29. The van der Waals surface area contributed by atoms with Gasteiger partial charge in [0.25, 0.3) is 0 Å². The Bertz CT molecular complexity index is 421. The molecule has 0 spiro atoms. The fraction of sp³-hybridized carbons (Fsp3) is 0.333. The number of hydrogen-bond donors (Lipinski definition) is 2. The van der Waals surface area contributed by atoms with Crippen molar-refractivity contribution in [2.75, 3.05) is 6.54 Å². The third kappa shape index (κ3) is 2.91. The van der Waals surface area contributed by atoms with Gasteiger partial charge in [0.1, 0.15) is 18.7 Å². The van der Waals surface area contributed by atoms with Gasteiger partial charge in [-0.2, -0.15) is 10.2 Å². The van der Waals surface area contributed by atoms with Crippen molar-refractivity contribution < 1.29 is 4.79 Å². The number of nitrogens with one attached hydrogen (secondary N) is 2. The van der Waals surface area contributed by atoms with Crippen LogP contribution < -0.4 is 5.32 Å². The van der Waals surface area contributed by atoms with Gasteiger partial charge in [-0.3, -0.25) is 14.6 Å². The minimum atomic E-state index is -0.0665. The highest BCUT2D eigenvalue weighted by atomic mass is 16.2. The lowest BCUT2D eigenvalue weighted by molar-refractivity contribution is -0.121. The molecule has 0 saturated heterocycles. The molecule has 2 N–H and O–H groups in total. The van der Waals surface area contributed by atoms with E-state index >= 15 is 0 Å². The fourth-order valence-corrected chi connectivity index (χ4v) is 1.27. The molecule has 0 atom stereocenters. The number of carbonyl (C=O) groups excluding carboxylic acids is 1. The molecule has 2 aromatic rings. The predicted octanol–water partition coefficient (Wildman–Crippen LogP) is -0.640. The first-order valence-corrected chi connectivity index (χ1v) is 4.93. The minimum absolute atomic E-state index is 0.0665. The van der Waals surface area contributed by atoms with E-state index < -0.39 is 0 Å². The molecule has 0 bridgehead atoms. The van der Waals surface area contributed by atoms with Crippen LogP contribution in [0.25, 0.3) is 0 Å². The Hall–Kier alpha value is -2.18. The maximum atomic E-state index is 11.4. The van der Waals surface area contributed by atoms with Crippen LogP contribution in [0.5, 0.6) is 0 Å². The molecule has 0 unspecified atom stereocenters. The highest BCUT2D eigenvalue weighted by Gasteiger charge is 2.02. The molecule has 0 radical (unpaired) electrons. The van der Waals surface area contributed by atoms with Gasteiger partial charge in [-0.05, 0) is 6.07 Å². The van der Waals surface area contributed by atoms with Crippen LogP contribution in [0.3, 0.4) is 0 Å². The summed E-state index contributed by atoms with van der Waals surface area (Å²) in [6.45, 7) is 0.776. The zero-order chi connectivity index (χ0) is 11.2. The molecule has 2 heterocycles. The summed E-state index contributed by atoms with van der Waals surface area (Å²) in [6, 6.07) is 1.78. The molecule has 84 valence electrons. The number of rotatable bonds is 5. The minimum Gasteiger partial charge on any atom is -0.354 e. The Kier molecular flexibility index (Phi) is 3.27. The molecule has 2 aromatic heterocycles. The zero-order valence-electron chi connectivity index (χ0n) is 8.63. The summed E-state index contributed by atoms with van der Waals surface area (Å²) >= 11 is 0. The largest absolute Gasteiger partial charge is 0.354 e. The normalized spacial score (nSPS) is 10.2. The first kappa shape index (κ1) is 10.3. The number of H-pyrrole nitrogens is 1. The molecule has 0 fully saturated rings. The third-order valence-corrected chi connectivity index (χ3v) is 2.01. The van der Waals surface area contributed by atoms with E-state index in [1.165, 1.54) is 6.33 Å². The second kappa shape index (κ2) is 5.06. The van der Waals surface area contributed by atoms with Crippen molar-refractivity contribution in [3.63, 3.8) is 0 Å². The Morgan fingerprint density at radius 3 is 3.19 bits per heavy atom. The second-order valence-electron chi connectivity index (χ2n) is 3.24. The molecule has 0 aliphatic rings. The number of nitrogens with zero attached hydrogens (tertiary/aromatic N) is 4. The van der Waals surface area contributed by atoms with Crippen molar-refractivity contribution in [2.24, 2.45) is 0 Å². The zero-order valence-corrected chi connectivity index (χ0v) is 8.63. The Balaban J connectivity index is 1.68. The van der Waals surface area contributed by atoms with Crippen molar-refractivity contribution in [2.45, 2.75) is 13.0 Å². The van der Waals surface area contributed by atoms with Crippen LogP contribution in [0.1, 0.15) is 5.82 Å². The maximum absolute atomic E-state index is 11.4. The van der Waals surface area contributed by atoms with Crippen molar-refractivity contribution in [3.8, 4) is 0 Å². The van der Waals surface area contributed by atoms with Crippen LogP contribution in [0.15, 0.2) is 24.8 Å². The Labute approximate surface area is 91.9 Å². The first-order chi connectivity index (χ1) is 7.84. The van der Waals surface area contributed by atoms with Crippen LogP contribution in [-0.2, 0) is 17.8 Å². The molecule has 7 nitrogen and oxygen atoms in total. The molecule has 0 aromatic carbocycles. The van der Waals surface area contributed by atoms with Gasteiger partial charge < -0.3 is 5.32 Å². The molecule has 0 aliphatic heterocycles. The van der Waals surface area contributed by atoms with Crippen molar-refractivity contribution in [1.29, 1.82) is 0 Å². The van der Waals surface area contributed by atoms with Crippen molar-refractivity contribution in [3.05, 3.63) is 30.6 Å². The van der Waals surface area contributed by atoms with Gasteiger partial charge in [0.2, 0.25) is 5.91 Å². The van der Waals surface area contributed by atoms with Crippen molar-refractivity contribution >= 4 is 5.91 Å². The van der Waals surface area contributed by atoms with E-state index in [1.807, 2.05) is 0 Å². The Morgan fingerprint density at radius 2 is 2.50 bits per heavy atom. The van der Waals surface area contributed by atoms with E-state index in [4.69, 9.17) is 0 Å². The summed E-state index contributed by atoms with van der Waals surface area (Å²) in [6.07, 6.45) is 5.48. The average molecular weight is 220 g/mol. The van der Waals surface area contributed by atoms with Crippen LogP contribution in [-0.4, -0.2) is 37.4 Å². The molecule has 0 aliphatic carbocycles. The lowest BCUT2D eigenvalue weighted by atomic mass is 10.4. The topological polar surface area (TPSA) is 88.5 Å². The average Bonchev–Trinajstić information content (AvgIpc) is 2.90. The van der Waals surface area contributed by atoms with E-state index in [0.29, 0.717) is 13.0 Å². The van der Waals surface area contributed by atoms with Crippen LogP contribution in [0, 0.1) is 0 Å². The lowest BCUT2D eigenvalue weighted by Gasteiger charge is -2.03. The summed E-state index contributed by atoms with van der Waals surface area (Å²) in [4.78, 5) is 15.4. The second-order valence-corrected chi connectivity index (χ2v) is 3.24. The van der Waals surface area contributed by atoms with Gasteiger partial charge in [-0.15, -0.1) is 0 Å². The monoisotopic (exact) mass is 220 g/mol. The summed E-state index contributed by atoms with van der Waals surface area (Å²) in [5.74, 6) is 0.697. The maximum Gasteiger partial charge on any atom is 0.241 e. The third-order valence-electron chi connectivity index (χ3n) is 2.01. The number of hydrogen-bond acceptors (Lipinski definition) is 4. The summed E-state index contributed by atoms with van der Waals surface area (Å²) < 4.78 is 1.57. The number of carbonyl (C=O) groups is 1. The fourth-order valence-electron chi connectivity index (χ4n) is 1.27. The molecular formula is C9H12N6O. The van der Waals surface area contributed by atoms with Gasteiger partial charge in [0.15, 0.2) is 0 Å². The van der Waals surface area contributed by atoms with Gasteiger partial charge >= 0.3 is 0 Å². The van der Waals surface area contributed by atoms with E-state index in [-0.39, 0.29) is 12.5 Å². The van der Waals surface area contributed by atoms with Gasteiger partial charge in [-0.1, -0.05) is 0 Å². The number of amides is 1. The summed E-state index contributed by atoms with van der Waals surface area (Å²) in [5.41, 5.74) is 0. The number of aromatic amines is 1. The first-order valence-electron chi connectivity index (χ1n) is 4.93. The van der Waals surface area contributed by atoms with Crippen LogP contribution in [0.2, 0.25) is 0 Å². The van der Waals surface area contributed by atoms with E-state index in [2.05, 4.69) is 25.6 Å². The van der Waals surface area contributed by atoms with E-state index in [1.54, 1.807) is 23.1 Å². The highest BCUT2D eigenvalue weighted by Crippen LogP contribution is 1.87. The molecule has 1 amide bonds. The Morgan fingerprint density at radius 1 is 1.56 bits per heavy atom. The standard InChI is InChI=1S/C9H12N6O/c16-9(6-15-5-1-3-13-15)10-4-2-8-11-7-12-14-8/h1,3,5,7H,2,4,6H2,(H,10,16)(H,11,12,14). The molecule has 2 rings (SSSR count). The highest BCUT2D eigenvalue weighted by molar-refractivity contribution is 5.75. The van der Waals surface area contributed by atoms with Gasteiger partial charge in [-0.25, -0.2) is 4.98 Å². The van der Waals surface area contributed by atoms with E-state index in [9.17, 15) is 4.79 Å². The van der Waals surface area contributed by atoms with Crippen LogP contribution in [0.4, 0.5) is 0 Å². The van der Waals surface area contributed by atoms with Crippen LogP contribution >= 0.6 is 0 Å². The van der Waals surface area contributed by atoms with Gasteiger partial charge in [0, 0.05) is 25.4 Å². The molecule has 7 heteroatoms. The molecular weight excluding hydrogens is 208 g/mol. The SMILES string of the molecule is O=C(Cn1cccn1)NCCc1ncn[nH]1.